The Morgan fingerprint density at radius 3 is 2.55 bits per heavy atom. The zero-order chi connectivity index (χ0) is 14.6. The number of nitro groups is 1. The first-order valence-electron chi connectivity index (χ1n) is 6.42. The lowest BCUT2D eigenvalue weighted by molar-refractivity contribution is -0.619. The molecule has 2 rings (SSSR count). The van der Waals surface area contributed by atoms with Gasteiger partial charge in [-0.1, -0.05) is 48.6 Å². The normalized spacial score (nSPS) is 25.7. The predicted octanol–water partition coefficient (Wildman–Crippen LogP) is 3.45. The summed E-state index contributed by atoms with van der Waals surface area (Å²) >= 11 is 0. The van der Waals surface area contributed by atoms with Gasteiger partial charge < -0.3 is 4.74 Å². The highest BCUT2D eigenvalue weighted by Gasteiger charge is 2.47. The summed E-state index contributed by atoms with van der Waals surface area (Å²) in [7, 11) is 1.36. The van der Waals surface area contributed by atoms with Gasteiger partial charge >= 0.3 is 5.72 Å². The van der Waals surface area contributed by atoms with Crippen LogP contribution >= 0.6 is 0 Å². The molecule has 1 aromatic carbocycles. The summed E-state index contributed by atoms with van der Waals surface area (Å²) in [6.45, 7) is 1.78. The molecule has 20 heavy (non-hydrogen) atoms. The Balaban J connectivity index is 2.18. The van der Waals surface area contributed by atoms with Crippen molar-refractivity contribution in [1.29, 1.82) is 0 Å². The van der Waals surface area contributed by atoms with Crippen LogP contribution in [0.15, 0.2) is 60.2 Å². The second kappa shape index (κ2) is 5.84. The van der Waals surface area contributed by atoms with Crippen molar-refractivity contribution in [2.45, 2.75) is 12.6 Å². The number of rotatable bonds is 4. The largest absolute Gasteiger partial charge is 0.350 e. The number of nitrogens with zero attached hydrogens (tertiary/aromatic N) is 1. The number of benzene rings is 1. The molecule has 0 radical (unpaired) electrons. The van der Waals surface area contributed by atoms with Crippen LogP contribution in [-0.4, -0.2) is 17.8 Å². The van der Waals surface area contributed by atoms with Gasteiger partial charge in [-0.3, -0.25) is 10.1 Å². The molecular formula is C16H17NO3. The summed E-state index contributed by atoms with van der Waals surface area (Å²) in [6, 6.07) is 9.91. The molecule has 4 heteroatoms. The summed E-state index contributed by atoms with van der Waals surface area (Å²) in [5.74, 6) is -0.331. The van der Waals surface area contributed by atoms with E-state index in [0.717, 1.165) is 11.1 Å². The first-order valence-corrected chi connectivity index (χ1v) is 6.42. The molecule has 0 heterocycles. The lowest BCUT2D eigenvalue weighted by Gasteiger charge is -2.27. The van der Waals surface area contributed by atoms with E-state index in [1.54, 1.807) is 13.0 Å². The number of hydrogen-bond donors (Lipinski definition) is 0. The van der Waals surface area contributed by atoms with E-state index in [4.69, 9.17) is 4.74 Å². The van der Waals surface area contributed by atoms with Crippen LogP contribution in [0.25, 0.3) is 6.08 Å². The Hall–Kier alpha value is -2.20. The quantitative estimate of drug-likeness (QED) is 0.479. The zero-order valence-electron chi connectivity index (χ0n) is 11.5. The lowest BCUT2D eigenvalue weighted by Crippen LogP contribution is -2.45. The molecule has 0 N–H and O–H groups in total. The van der Waals surface area contributed by atoms with Gasteiger partial charge in [0.15, 0.2) is 0 Å². The van der Waals surface area contributed by atoms with E-state index in [0.29, 0.717) is 0 Å². The van der Waals surface area contributed by atoms with Crippen LogP contribution in [-0.2, 0) is 4.74 Å². The Bertz CT molecular complexity index is 575. The van der Waals surface area contributed by atoms with Gasteiger partial charge in [0.05, 0.1) is 10.8 Å². The topological polar surface area (TPSA) is 52.4 Å². The van der Waals surface area contributed by atoms with Crippen molar-refractivity contribution in [3.8, 4) is 0 Å². The van der Waals surface area contributed by atoms with E-state index < -0.39 is 5.72 Å². The summed E-state index contributed by atoms with van der Waals surface area (Å²) in [5.41, 5.74) is 0.576. The zero-order valence-corrected chi connectivity index (χ0v) is 11.5. The van der Waals surface area contributed by atoms with Crippen LogP contribution in [0.5, 0.6) is 0 Å². The monoisotopic (exact) mass is 271 g/mol. The molecule has 0 fully saturated rings. The van der Waals surface area contributed by atoms with E-state index in [1.807, 2.05) is 48.6 Å². The maximum absolute atomic E-state index is 11.2. The fraction of sp³-hybridized carbons (Fsp3) is 0.250. The van der Waals surface area contributed by atoms with Gasteiger partial charge in [0.2, 0.25) is 0 Å². The standard InChI is InChI=1S/C16H17NO3/c1-13-12-15(9-8-14-6-4-3-5-7-14)10-11-16(13,20-2)17(18)19/h3-13H,1-2H3. The van der Waals surface area contributed by atoms with E-state index >= 15 is 0 Å². The fourth-order valence-corrected chi connectivity index (χ4v) is 2.25. The lowest BCUT2D eigenvalue weighted by atomic mass is 9.89. The van der Waals surface area contributed by atoms with Gasteiger partial charge in [-0.05, 0) is 24.1 Å². The van der Waals surface area contributed by atoms with E-state index in [-0.39, 0.29) is 10.8 Å². The van der Waals surface area contributed by atoms with Crippen LogP contribution in [0.3, 0.4) is 0 Å². The molecule has 2 atom stereocenters. The molecule has 0 saturated heterocycles. The molecule has 1 aromatic rings. The van der Waals surface area contributed by atoms with Crippen LogP contribution in [0, 0.1) is 16.0 Å². The minimum Gasteiger partial charge on any atom is -0.314 e. The SMILES string of the molecule is COC1([N+](=O)[O-])C=CC(C=Cc2ccccc2)=CC1C. The van der Waals surface area contributed by atoms with Crippen molar-refractivity contribution in [2.24, 2.45) is 5.92 Å². The molecule has 2 unspecified atom stereocenters. The van der Waals surface area contributed by atoms with Crippen molar-refractivity contribution in [3.63, 3.8) is 0 Å². The predicted molar refractivity (Wildman–Crippen MR) is 78.6 cm³/mol. The first-order chi connectivity index (χ1) is 9.58. The highest BCUT2D eigenvalue weighted by Crippen LogP contribution is 2.31. The molecular weight excluding hydrogens is 254 g/mol. The van der Waals surface area contributed by atoms with Crippen molar-refractivity contribution >= 4 is 6.08 Å². The molecule has 104 valence electrons. The Kier molecular flexibility index (Phi) is 4.15. The molecule has 0 aromatic heterocycles. The van der Waals surface area contributed by atoms with Crippen molar-refractivity contribution in [2.75, 3.05) is 7.11 Å². The van der Waals surface area contributed by atoms with Crippen LogP contribution in [0.2, 0.25) is 0 Å². The summed E-state index contributed by atoms with van der Waals surface area (Å²) in [5, 5.41) is 11.2. The maximum Gasteiger partial charge on any atom is 0.350 e. The molecule has 0 amide bonds. The minimum atomic E-state index is -1.45. The van der Waals surface area contributed by atoms with E-state index in [1.165, 1.54) is 13.2 Å². The van der Waals surface area contributed by atoms with Gasteiger partial charge in [-0.2, -0.15) is 0 Å². The Labute approximate surface area is 118 Å². The molecule has 0 saturated carbocycles. The number of ether oxygens (including phenoxy) is 1. The van der Waals surface area contributed by atoms with E-state index in [9.17, 15) is 10.1 Å². The third kappa shape index (κ3) is 2.70. The molecule has 0 bridgehead atoms. The highest BCUT2D eigenvalue weighted by molar-refractivity contribution is 5.55. The summed E-state index contributed by atoms with van der Waals surface area (Å²) < 4.78 is 5.11. The highest BCUT2D eigenvalue weighted by atomic mass is 16.7. The number of allylic oxidation sites excluding steroid dienone is 3. The van der Waals surface area contributed by atoms with Gasteiger partial charge in [0.25, 0.3) is 0 Å². The average Bonchev–Trinajstić information content (AvgIpc) is 2.46. The minimum absolute atomic E-state index is 0.331. The third-order valence-electron chi connectivity index (χ3n) is 3.49. The summed E-state index contributed by atoms with van der Waals surface area (Å²) in [6.07, 6.45) is 9.02. The smallest absolute Gasteiger partial charge is 0.314 e. The molecule has 1 aliphatic rings. The van der Waals surface area contributed by atoms with Crippen LogP contribution in [0.1, 0.15) is 12.5 Å². The van der Waals surface area contributed by atoms with Gasteiger partial charge in [0, 0.05) is 13.2 Å². The fourth-order valence-electron chi connectivity index (χ4n) is 2.25. The van der Waals surface area contributed by atoms with Crippen LogP contribution in [0.4, 0.5) is 0 Å². The van der Waals surface area contributed by atoms with Crippen molar-refractivity contribution in [3.05, 3.63) is 75.9 Å². The van der Waals surface area contributed by atoms with Gasteiger partial charge in [-0.25, -0.2) is 0 Å². The Morgan fingerprint density at radius 1 is 1.30 bits per heavy atom. The Morgan fingerprint density at radius 2 is 2.00 bits per heavy atom. The first kappa shape index (κ1) is 14.2. The second-order valence-corrected chi connectivity index (χ2v) is 4.75. The van der Waals surface area contributed by atoms with Crippen molar-refractivity contribution in [1.82, 2.24) is 0 Å². The van der Waals surface area contributed by atoms with E-state index in [2.05, 4.69) is 0 Å². The van der Waals surface area contributed by atoms with Gasteiger partial charge in [-0.15, -0.1) is 0 Å². The number of methoxy groups -OCH3 is 1. The molecule has 1 aliphatic carbocycles. The van der Waals surface area contributed by atoms with Crippen LogP contribution < -0.4 is 0 Å². The molecule has 0 aliphatic heterocycles. The maximum atomic E-state index is 11.2. The number of hydrogen-bond acceptors (Lipinski definition) is 3. The van der Waals surface area contributed by atoms with Gasteiger partial charge in [0.1, 0.15) is 0 Å². The third-order valence-corrected chi connectivity index (χ3v) is 3.49. The second-order valence-electron chi connectivity index (χ2n) is 4.75. The average molecular weight is 271 g/mol. The molecule has 0 spiro atoms. The molecule has 4 nitrogen and oxygen atoms in total. The summed E-state index contributed by atoms with van der Waals surface area (Å²) in [4.78, 5) is 10.8. The van der Waals surface area contributed by atoms with Crippen molar-refractivity contribution < 1.29 is 9.66 Å².